The zero-order valence-electron chi connectivity index (χ0n) is 24.4. The summed E-state index contributed by atoms with van der Waals surface area (Å²) < 4.78 is 12.6. The van der Waals surface area contributed by atoms with Crippen molar-refractivity contribution in [2.45, 2.75) is 168 Å². The number of hydrogen-bond acceptors (Lipinski definition) is 3. The smallest absolute Gasteiger partial charge is 0.0833 e. The van der Waals surface area contributed by atoms with Gasteiger partial charge in [0.25, 0.3) is 0 Å². The van der Waals surface area contributed by atoms with Gasteiger partial charge in [0, 0.05) is 13.2 Å². The average Bonchev–Trinajstić information content (AvgIpc) is 2.82. The highest BCUT2D eigenvalue weighted by Gasteiger charge is 2.18. The number of rotatable bonds is 28. The fraction of sp³-hybridized carbons (Fsp3) is 1.00. The third kappa shape index (κ3) is 25.0. The zero-order chi connectivity index (χ0) is 25.1. The van der Waals surface area contributed by atoms with Crippen LogP contribution in [0.15, 0.2) is 0 Å². The van der Waals surface area contributed by atoms with Crippen molar-refractivity contribution < 1.29 is 9.47 Å². The van der Waals surface area contributed by atoms with E-state index in [1.807, 2.05) is 0 Å². The van der Waals surface area contributed by atoms with Crippen LogP contribution < -0.4 is 0 Å². The standard InChI is InChI=1S/C31H65NO2/c1-6-8-10-12-14-16-17-18-19-21-23-26-31(30(3)33-29-25-27-32(4)5)34-28-24-22-20-15-13-11-9-7-2/h30-31H,6-29H2,1-5H3/t30?,31-/m0/s1. The molecule has 0 aliphatic carbocycles. The van der Waals surface area contributed by atoms with E-state index in [0.29, 0.717) is 0 Å². The van der Waals surface area contributed by atoms with Crippen molar-refractivity contribution >= 4 is 0 Å². The van der Waals surface area contributed by atoms with Gasteiger partial charge in [-0.1, -0.05) is 129 Å². The summed E-state index contributed by atoms with van der Waals surface area (Å²) in [5.74, 6) is 0. The summed E-state index contributed by atoms with van der Waals surface area (Å²) in [7, 11) is 4.26. The molecule has 0 amide bonds. The fourth-order valence-corrected chi connectivity index (χ4v) is 4.69. The van der Waals surface area contributed by atoms with E-state index < -0.39 is 0 Å². The third-order valence-corrected chi connectivity index (χ3v) is 7.08. The minimum atomic E-state index is 0.208. The van der Waals surface area contributed by atoms with Crippen molar-refractivity contribution in [2.75, 3.05) is 33.9 Å². The van der Waals surface area contributed by atoms with E-state index >= 15 is 0 Å². The van der Waals surface area contributed by atoms with Gasteiger partial charge in [0.15, 0.2) is 0 Å². The van der Waals surface area contributed by atoms with Gasteiger partial charge in [-0.15, -0.1) is 0 Å². The van der Waals surface area contributed by atoms with Gasteiger partial charge in [-0.2, -0.15) is 0 Å². The van der Waals surface area contributed by atoms with Crippen LogP contribution in [0.5, 0.6) is 0 Å². The topological polar surface area (TPSA) is 21.7 Å². The quantitative estimate of drug-likeness (QED) is 0.103. The molecule has 0 N–H and O–H groups in total. The van der Waals surface area contributed by atoms with Gasteiger partial charge in [-0.3, -0.25) is 0 Å². The minimum absolute atomic E-state index is 0.208. The van der Waals surface area contributed by atoms with Crippen LogP contribution in [0.2, 0.25) is 0 Å². The fourth-order valence-electron chi connectivity index (χ4n) is 4.69. The molecule has 0 aromatic rings. The minimum Gasteiger partial charge on any atom is -0.376 e. The van der Waals surface area contributed by atoms with Crippen LogP contribution in [0.4, 0.5) is 0 Å². The first-order valence-electron chi connectivity index (χ1n) is 15.5. The predicted octanol–water partition coefficient (Wildman–Crippen LogP) is 9.57. The maximum absolute atomic E-state index is 6.38. The Labute approximate surface area is 216 Å². The Balaban J connectivity index is 3.98. The Morgan fingerprint density at radius 3 is 1.38 bits per heavy atom. The second kappa shape index (κ2) is 27.5. The number of unbranched alkanes of at least 4 members (excludes halogenated alkanes) is 17. The Hall–Kier alpha value is -0.120. The monoisotopic (exact) mass is 484 g/mol. The van der Waals surface area contributed by atoms with E-state index in [4.69, 9.17) is 9.47 Å². The van der Waals surface area contributed by atoms with E-state index in [1.54, 1.807) is 0 Å². The van der Waals surface area contributed by atoms with Gasteiger partial charge < -0.3 is 14.4 Å². The Bertz CT molecular complexity index is 374. The predicted molar refractivity (Wildman–Crippen MR) is 152 cm³/mol. The first-order chi connectivity index (χ1) is 16.6. The Kier molecular flexibility index (Phi) is 27.4. The van der Waals surface area contributed by atoms with E-state index in [1.165, 1.54) is 122 Å². The van der Waals surface area contributed by atoms with Crippen LogP contribution in [-0.4, -0.2) is 51.0 Å². The lowest BCUT2D eigenvalue weighted by atomic mass is 10.0. The lowest BCUT2D eigenvalue weighted by Gasteiger charge is -2.25. The largest absolute Gasteiger partial charge is 0.376 e. The molecule has 0 fully saturated rings. The van der Waals surface area contributed by atoms with Gasteiger partial charge in [0.05, 0.1) is 12.2 Å². The van der Waals surface area contributed by atoms with Crippen molar-refractivity contribution in [3.63, 3.8) is 0 Å². The molecule has 0 heterocycles. The summed E-state index contributed by atoms with van der Waals surface area (Å²) in [4.78, 5) is 2.23. The maximum Gasteiger partial charge on any atom is 0.0833 e. The highest BCUT2D eigenvalue weighted by molar-refractivity contribution is 4.68. The van der Waals surface area contributed by atoms with Crippen molar-refractivity contribution in [1.29, 1.82) is 0 Å². The van der Waals surface area contributed by atoms with Crippen LogP contribution in [0.25, 0.3) is 0 Å². The van der Waals surface area contributed by atoms with Crippen molar-refractivity contribution in [1.82, 2.24) is 4.90 Å². The molecular weight excluding hydrogens is 418 g/mol. The van der Waals surface area contributed by atoms with Crippen LogP contribution in [0, 0.1) is 0 Å². The molecule has 3 heteroatoms. The van der Waals surface area contributed by atoms with Gasteiger partial charge in [0.2, 0.25) is 0 Å². The lowest BCUT2D eigenvalue weighted by Crippen LogP contribution is -2.30. The van der Waals surface area contributed by atoms with Crippen molar-refractivity contribution in [3.8, 4) is 0 Å². The molecule has 0 aliphatic heterocycles. The molecule has 34 heavy (non-hydrogen) atoms. The highest BCUT2D eigenvalue weighted by atomic mass is 16.5. The van der Waals surface area contributed by atoms with Crippen LogP contribution in [0.1, 0.15) is 156 Å². The van der Waals surface area contributed by atoms with Crippen LogP contribution in [-0.2, 0) is 9.47 Å². The molecule has 0 aromatic heterocycles. The molecule has 206 valence electrons. The van der Waals surface area contributed by atoms with Crippen LogP contribution in [0.3, 0.4) is 0 Å². The summed E-state index contributed by atoms with van der Waals surface area (Å²) in [5.41, 5.74) is 0. The number of ether oxygens (including phenoxy) is 2. The number of hydrogen-bond donors (Lipinski definition) is 0. The second-order valence-corrected chi connectivity index (χ2v) is 10.9. The zero-order valence-corrected chi connectivity index (χ0v) is 24.4. The normalized spacial score (nSPS) is 13.6. The highest BCUT2D eigenvalue weighted by Crippen LogP contribution is 2.17. The molecule has 0 aromatic carbocycles. The van der Waals surface area contributed by atoms with Crippen molar-refractivity contribution in [2.24, 2.45) is 0 Å². The first-order valence-corrected chi connectivity index (χ1v) is 15.5. The summed E-state index contributed by atoms with van der Waals surface area (Å²) >= 11 is 0. The third-order valence-electron chi connectivity index (χ3n) is 7.08. The second-order valence-electron chi connectivity index (χ2n) is 10.9. The summed E-state index contributed by atoms with van der Waals surface area (Å²) in [6.07, 6.45) is 28.9. The molecule has 0 radical (unpaired) electrons. The molecule has 0 rings (SSSR count). The molecule has 0 spiro atoms. The Morgan fingerprint density at radius 1 is 0.500 bits per heavy atom. The Morgan fingerprint density at radius 2 is 0.912 bits per heavy atom. The van der Waals surface area contributed by atoms with E-state index in [9.17, 15) is 0 Å². The molecular formula is C31H65NO2. The molecule has 1 unspecified atom stereocenters. The molecule has 2 atom stereocenters. The maximum atomic E-state index is 6.38. The van der Waals surface area contributed by atoms with E-state index in [0.717, 1.165) is 32.6 Å². The SMILES string of the molecule is CCCCCCCCCCCCC[C@H](OCCCCCCCCCC)C(C)OCCCN(C)C. The van der Waals surface area contributed by atoms with E-state index in [2.05, 4.69) is 39.8 Å². The molecule has 0 saturated heterocycles. The lowest BCUT2D eigenvalue weighted by molar-refractivity contribution is -0.0708. The molecule has 0 saturated carbocycles. The van der Waals surface area contributed by atoms with Gasteiger partial charge >= 0.3 is 0 Å². The molecule has 0 bridgehead atoms. The summed E-state index contributed by atoms with van der Waals surface area (Å²) in [6.45, 7) is 9.65. The van der Waals surface area contributed by atoms with Gasteiger partial charge in [-0.25, -0.2) is 0 Å². The molecule has 0 aliphatic rings. The summed E-state index contributed by atoms with van der Waals surface area (Å²) in [6, 6.07) is 0. The van der Waals surface area contributed by atoms with Crippen LogP contribution >= 0.6 is 0 Å². The van der Waals surface area contributed by atoms with Gasteiger partial charge in [-0.05, 0) is 46.8 Å². The summed E-state index contributed by atoms with van der Waals surface area (Å²) in [5, 5.41) is 0. The average molecular weight is 484 g/mol. The van der Waals surface area contributed by atoms with Gasteiger partial charge in [0.1, 0.15) is 0 Å². The first kappa shape index (κ1) is 33.9. The molecule has 3 nitrogen and oxygen atoms in total. The van der Waals surface area contributed by atoms with E-state index in [-0.39, 0.29) is 12.2 Å². The number of nitrogens with zero attached hydrogens (tertiary/aromatic N) is 1. The van der Waals surface area contributed by atoms with Crippen molar-refractivity contribution in [3.05, 3.63) is 0 Å².